The van der Waals surface area contributed by atoms with Crippen LogP contribution in [0.3, 0.4) is 0 Å². The molecule has 3 atom stereocenters. The molecule has 56 heavy (non-hydrogen) atoms. The fourth-order valence-corrected chi connectivity index (χ4v) is 7.03. The summed E-state index contributed by atoms with van der Waals surface area (Å²) in [4.78, 5) is 26.0. The van der Waals surface area contributed by atoms with Gasteiger partial charge in [0.05, 0.1) is 25.2 Å². The van der Waals surface area contributed by atoms with Crippen LogP contribution in [0.4, 0.5) is 0 Å². The molecule has 0 heterocycles. The molecule has 0 aromatic rings. The van der Waals surface area contributed by atoms with Crippen molar-refractivity contribution >= 4 is 11.9 Å². The van der Waals surface area contributed by atoms with Crippen LogP contribution in [0, 0.1) is 0 Å². The lowest BCUT2D eigenvalue weighted by atomic mass is 10.0. The van der Waals surface area contributed by atoms with Gasteiger partial charge in [-0.25, -0.2) is 0 Å². The molecule has 6 heteroatoms. The first kappa shape index (κ1) is 53.8. The summed E-state index contributed by atoms with van der Waals surface area (Å²) in [5, 5.41) is 23.6. The second kappa shape index (κ2) is 43.9. The number of aliphatic hydroxyl groups is 2. The third-order valence-corrected chi connectivity index (χ3v) is 10.6. The number of amides is 1. The lowest BCUT2D eigenvalue weighted by Crippen LogP contribution is -2.46. The van der Waals surface area contributed by atoms with Crippen molar-refractivity contribution in [1.29, 1.82) is 0 Å². The number of hydrogen-bond acceptors (Lipinski definition) is 5. The average molecular weight is 786 g/mol. The van der Waals surface area contributed by atoms with E-state index < -0.39 is 18.2 Å². The smallest absolute Gasteiger partial charge is 0.306 e. The molecule has 0 fully saturated rings. The summed E-state index contributed by atoms with van der Waals surface area (Å²) in [6.07, 6.45) is 51.7. The van der Waals surface area contributed by atoms with Gasteiger partial charge in [-0.15, -0.1) is 0 Å². The van der Waals surface area contributed by atoms with Crippen LogP contribution >= 0.6 is 0 Å². The lowest BCUT2D eigenvalue weighted by molar-refractivity contribution is -0.151. The number of aliphatic hydroxyl groups excluding tert-OH is 2. The van der Waals surface area contributed by atoms with Gasteiger partial charge in [-0.3, -0.25) is 9.59 Å². The molecule has 0 rings (SSSR count). The lowest BCUT2D eigenvalue weighted by Gasteiger charge is -2.24. The Morgan fingerprint density at radius 1 is 0.536 bits per heavy atom. The molecule has 0 aliphatic heterocycles. The number of allylic oxidation sites excluding steroid dienone is 8. The second-order valence-electron chi connectivity index (χ2n) is 16.1. The van der Waals surface area contributed by atoms with E-state index in [4.69, 9.17) is 4.74 Å². The van der Waals surface area contributed by atoms with Crippen LogP contribution in [0.25, 0.3) is 0 Å². The molecule has 0 spiro atoms. The van der Waals surface area contributed by atoms with Crippen molar-refractivity contribution in [1.82, 2.24) is 5.32 Å². The number of carbonyl (C=O) groups is 2. The zero-order valence-electron chi connectivity index (χ0n) is 37.0. The van der Waals surface area contributed by atoms with Gasteiger partial charge in [0.25, 0.3) is 0 Å². The highest BCUT2D eigenvalue weighted by molar-refractivity contribution is 5.77. The Morgan fingerprint density at radius 3 is 1.48 bits per heavy atom. The first-order chi connectivity index (χ1) is 27.5. The molecule has 6 nitrogen and oxygen atoms in total. The van der Waals surface area contributed by atoms with Gasteiger partial charge in [0.2, 0.25) is 5.91 Å². The zero-order chi connectivity index (χ0) is 41.0. The number of ether oxygens (including phenoxy) is 1. The Hall–Kier alpha value is -2.18. The maximum Gasteiger partial charge on any atom is 0.306 e. The summed E-state index contributed by atoms with van der Waals surface area (Å²) in [7, 11) is 0. The van der Waals surface area contributed by atoms with E-state index in [9.17, 15) is 19.8 Å². The van der Waals surface area contributed by atoms with Gasteiger partial charge in [-0.05, 0) is 83.5 Å². The standard InChI is InChI=1S/C50H91NO5/c1-4-7-10-13-16-19-22-24-26-27-29-32-35-38-41-46(56-50(55)43-40-37-34-31-28-25-23-20-17-14-11-8-5-2)44-49(54)51-47(45-52)48(53)42-39-36-33-30-21-18-15-12-9-6-3/h7,10,16,19,24-26,28,46-48,52-53H,4-6,8-9,11-15,17-18,20-23,27,29-45H2,1-3H3,(H,51,54)/b10-7+,19-16+,26-24+,28-25-. The Kier molecular flexibility index (Phi) is 42.2. The van der Waals surface area contributed by atoms with Gasteiger partial charge in [0, 0.05) is 6.42 Å². The highest BCUT2D eigenvalue weighted by atomic mass is 16.5. The Bertz CT molecular complexity index is 972. The van der Waals surface area contributed by atoms with Crippen molar-refractivity contribution < 1.29 is 24.5 Å². The minimum absolute atomic E-state index is 0.0567. The topological polar surface area (TPSA) is 95.9 Å². The highest BCUT2D eigenvalue weighted by Crippen LogP contribution is 2.17. The first-order valence-corrected chi connectivity index (χ1v) is 23.9. The van der Waals surface area contributed by atoms with Gasteiger partial charge in [0.1, 0.15) is 6.10 Å². The molecule has 0 saturated heterocycles. The Labute approximate surface area is 346 Å². The first-order valence-electron chi connectivity index (χ1n) is 23.9. The van der Waals surface area contributed by atoms with E-state index in [2.05, 4.69) is 74.7 Å². The Balaban J connectivity index is 4.67. The third kappa shape index (κ3) is 38.7. The van der Waals surface area contributed by atoms with E-state index in [1.807, 2.05) is 0 Å². The summed E-state index contributed by atoms with van der Waals surface area (Å²) >= 11 is 0. The van der Waals surface area contributed by atoms with Crippen molar-refractivity contribution in [2.75, 3.05) is 6.61 Å². The number of nitrogens with one attached hydrogen (secondary N) is 1. The van der Waals surface area contributed by atoms with Gasteiger partial charge in [0.15, 0.2) is 0 Å². The maximum atomic E-state index is 13.1. The van der Waals surface area contributed by atoms with E-state index in [1.165, 1.54) is 83.5 Å². The normalized spacial score (nSPS) is 13.7. The van der Waals surface area contributed by atoms with Crippen LogP contribution in [0.15, 0.2) is 48.6 Å². The van der Waals surface area contributed by atoms with Crippen LogP contribution in [0.5, 0.6) is 0 Å². The fraction of sp³-hybridized carbons (Fsp3) is 0.800. The van der Waals surface area contributed by atoms with E-state index in [0.29, 0.717) is 19.3 Å². The summed E-state index contributed by atoms with van der Waals surface area (Å²) < 4.78 is 5.90. The maximum absolute atomic E-state index is 13.1. The SMILES string of the molecule is CC/C=C/C/C=C/C/C=C/CCCCCCC(CC(=O)NC(CO)C(O)CCCCCCCCCCCC)OC(=O)CCCCC/C=C\CCCCCCCC. The molecule has 1 amide bonds. The predicted molar refractivity (Wildman–Crippen MR) is 241 cm³/mol. The van der Waals surface area contributed by atoms with Crippen molar-refractivity contribution in [2.24, 2.45) is 0 Å². The van der Waals surface area contributed by atoms with E-state index in [1.54, 1.807) is 0 Å². The largest absolute Gasteiger partial charge is 0.462 e. The van der Waals surface area contributed by atoms with Gasteiger partial charge >= 0.3 is 5.97 Å². The third-order valence-electron chi connectivity index (χ3n) is 10.6. The molecule has 0 bridgehead atoms. The number of carbonyl (C=O) groups excluding carboxylic acids is 2. The summed E-state index contributed by atoms with van der Waals surface area (Å²) in [5.41, 5.74) is 0. The summed E-state index contributed by atoms with van der Waals surface area (Å²) in [6.45, 7) is 6.33. The fourth-order valence-electron chi connectivity index (χ4n) is 7.03. The number of unbranched alkanes of at least 4 members (excludes halogenated alkanes) is 22. The quantitative estimate of drug-likeness (QED) is 0.0325. The molecular weight excluding hydrogens is 695 g/mol. The van der Waals surface area contributed by atoms with E-state index in [0.717, 1.165) is 103 Å². The Morgan fingerprint density at radius 2 is 0.964 bits per heavy atom. The van der Waals surface area contributed by atoms with Gasteiger partial charge < -0.3 is 20.3 Å². The molecule has 3 unspecified atom stereocenters. The van der Waals surface area contributed by atoms with Crippen LogP contribution in [0.2, 0.25) is 0 Å². The van der Waals surface area contributed by atoms with Crippen molar-refractivity contribution in [3.63, 3.8) is 0 Å². The summed E-state index contributed by atoms with van der Waals surface area (Å²) in [5.74, 6) is -0.515. The minimum Gasteiger partial charge on any atom is -0.462 e. The number of hydrogen-bond donors (Lipinski definition) is 3. The van der Waals surface area contributed by atoms with E-state index >= 15 is 0 Å². The molecule has 326 valence electrons. The molecule has 3 N–H and O–H groups in total. The van der Waals surface area contributed by atoms with Crippen LogP contribution in [-0.2, 0) is 14.3 Å². The van der Waals surface area contributed by atoms with Gasteiger partial charge in [-0.2, -0.15) is 0 Å². The van der Waals surface area contributed by atoms with E-state index in [-0.39, 0.29) is 24.9 Å². The van der Waals surface area contributed by atoms with Gasteiger partial charge in [-0.1, -0.05) is 185 Å². The predicted octanol–water partition coefficient (Wildman–Crippen LogP) is 13.9. The molecule has 0 aliphatic rings. The van der Waals surface area contributed by atoms with Crippen LogP contribution < -0.4 is 5.32 Å². The molecule has 0 aromatic carbocycles. The average Bonchev–Trinajstić information content (AvgIpc) is 3.19. The molecule has 0 aliphatic carbocycles. The number of rotatable bonds is 42. The molecule has 0 aromatic heterocycles. The van der Waals surface area contributed by atoms with Crippen LogP contribution in [-0.4, -0.2) is 46.9 Å². The monoisotopic (exact) mass is 786 g/mol. The van der Waals surface area contributed by atoms with Crippen LogP contribution in [0.1, 0.15) is 233 Å². The zero-order valence-corrected chi connectivity index (χ0v) is 37.0. The van der Waals surface area contributed by atoms with Crippen molar-refractivity contribution in [2.45, 2.75) is 251 Å². The summed E-state index contributed by atoms with van der Waals surface area (Å²) in [6, 6.07) is -0.710. The van der Waals surface area contributed by atoms with Crippen molar-refractivity contribution in [3.8, 4) is 0 Å². The minimum atomic E-state index is -0.794. The highest BCUT2D eigenvalue weighted by Gasteiger charge is 2.24. The number of esters is 1. The molecule has 0 radical (unpaired) electrons. The molecular formula is C50H91NO5. The second-order valence-corrected chi connectivity index (χ2v) is 16.1. The molecule has 0 saturated carbocycles. The van der Waals surface area contributed by atoms with Crippen molar-refractivity contribution in [3.05, 3.63) is 48.6 Å².